The van der Waals surface area contributed by atoms with Crippen molar-refractivity contribution in [3.05, 3.63) is 77.9 Å². The number of ketones is 3. The van der Waals surface area contributed by atoms with Gasteiger partial charge in [-0.05, 0) is 105 Å². The van der Waals surface area contributed by atoms with Crippen molar-refractivity contribution in [2.45, 2.75) is 161 Å². The summed E-state index contributed by atoms with van der Waals surface area (Å²) in [5.74, 6) is -3.06. The van der Waals surface area contributed by atoms with Crippen LogP contribution in [0.2, 0.25) is 5.82 Å². The Hall–Kier alpha value is -4.50. The number of benzene rings is 2. The third-order valence-electron chi connectivity index (χ3n) is 14.8. The van der Waals surface area contributed by atoms with Crippen LogP contribution in [-0.4, -0.2) is 87.8 Å². The molecule has 3 aliphatic carbocycles. The molecule has 13 nitrogen and oxygen atoms in total. The highest BCUT2D eigenvalue weighted by Crippen LogP contribution is 2.66. The second kappa shape index (κ2) is 21.9. The van der Waals surface area contributed by atoms with Gasteiger partial charge in [0.05, 0.1) is 36.1 Å². The van der Waals surface area contributed by atoms with E-state index in [1.54, 1.807) is 25.3 Å². The second-order valence-corrected chi connectivity index (χ2v) is 20.1. The predicted octanol–water partition coefficient (Wildman–Crippen LogP) is 7.00. The average Bonchev–Trinajstić information content (AvgIpc) is 3.94. The van der Waals surface area contributed by atoms with Crippen LogP contribution in [0, 0.1) is 29.1 Å². The first-order chi connectivity index (χ1) is 30.9. The maximum absolute atomic E-state index is 14.0. The third-order valence-corrected chi connectivity index (χ3v) is 14.8. The molecule has 1 saturated heterocycles. The van der Waals surface area contributed by atoms with Crippen LogP contribution in [0.4, 0.5) is 0 Å². The van der Waals surface area contributed by atoms with Gasteiger partial charge in [0.15, 0.2) is 17.3 Å². The summed E-state index contributed by atoms with van der Waals surface area (Å²) in [6.07, 6.45) is 8.64. The number of imidazole rings is 1. The van der Waals surface area contributed by atoms with Gasteiger partial charge in [-0.1, -0.05) is 89.6 Å². The van der Waals surface area contributed by atoms with Gasteiger partial charge in [-0.2, -0.15) is 0 Å². The molecular weight excluding hydrogens is 821 g/mol. The molecule has 0 radical (unpaired) electrons. The summed E-state index contributed by atoms with van der Waals surface area (Å²) in [6.45, 7) is 14.3. The highest BCUT2D eigenvalue weighted by Gasteiger charge is 2.68. The molecule has 14 heteroatoms. The van der Waals surface area contributed by atoms with Gasteiger partial charge >= 0.3 is 7.12 Å². The van der Waals surface area contributed by atoms with Crippen molar-refractivity contribution in [3.8, 4) is 11.1 Å². The van der Waals surface area contributed by atoms with E-state index in [2.05, 4.69) is 72.6 Å². The first-order valence-corrected chi connectivity index (χ1v) is 24.0. The zero-order valence-corrected chi connectivity index (χ0v) is 39.6. The summed E-state index contributed by atoms with van der Waals surface area (Å²) >= 11 is 0. The maximum Gasteiger partial charge on any atom is 0.461 e. The zero-order chi connectivity index (χ0) is 47.1. The van der Waals surface area contributed by atoms with Crippen molar-refractivity contribution in [1.82, 2.24) is 20.6 Å². The van der Waals surface area contributed by atoms with Gasteiger partial charge in [-0.3, -0.25) is 24.0 Å². The Morgan fingerprint density at radius 1 is 0.892 bits per heavy atom. The molecule has 3 saturated carbocycles. The Morgan fingerprint density at radius 3 is 2.20 bits per heavy atom. The highest BCUT2D eigenvalue weighted by molar-refractivity contribution is 6.47. The van der Waals surface area contributed by atoms with Crippen molar-refractivity contribution in [2.75, 3.05) is 6.54 Å². The molecular formula is C51H72BN5O8. The third kappa shape index (κ3) is 11.9. The molecule has 7 rings (SSSR count). The molecule has 6 N–H and O–H groups in total. The fraction of sp³-hybridized carbons (Fsp3) is 0.608. The molecule has 2 aromatic carbocycles. The lowest BCUT2D eigenvalue weighted by Gasteiger charge is -2.64. The van der Waals surface area contributed by atoms with Gasteiger partial charge in [0, 0.05) is 49.1 Å². The Balaban J connectivity index is 1.05. The van der Waals surface area contributed by atoms with Crippen LogP contribution < -0.4 is 16.4 Å². The number of unbranched alkanes of at least 4 members (excludes halogenated alkanes) is 2. The minimum atomic E-state index is -1.35. The monoisotopic (exact) mass is 894 g/mol. The number of aliphatic hydroxyl groups excluding tert-OH is 1. The number of aryl methyl sites for hydroxylation is 1. The number of amides is 2. The number of rotatable bonds is 25. The van der Waals surface area contributed by atoms with Gasteiger partial charge in [-0.15, -0.1) is 0 Å². The minimum Gasteiger partial charge on any atom is -0.405 e. The SMILES string of the molecule is CCCCc1ccc(-c2ccc(C(=O)C[C@@H](Cc3cnc[nH]3)C(=O)N[C@H](C(=O)C[C@@H](C)C(=O)N[C@@H](CCCCN)C(=O)C[C@@H](C)B3OC4C[C@@H]5C[C@@H](C5(C)C)[C@]4(C)O3)C(C)O)cc2)cc1. The van der Waals surface area contributed by atoms with Crippen molar-refractivity contribution < 1.29 is 38.4 Å². The standard InChI is InChI=1S/C51H72BN5O8/c1-8-9-12-34-14-16-35(17-15-34)36-18-20-37(21-19-36)42(59)26-38(25-40-29-54-30-55-40)49(63)57-47(33(4)58)44(61)23-31(2)48(62)56-41(13-10-11-22-53)43(60)24-32(3)52-64-46-28-39-27-45(50(39,5)6)51(46,7)65-52/h14-21,29-33,38-39,41,45-47,58H,8-13,22-28,53H2,1-7H3,(H,54,55)(H,56,62)(H,57,63)/t31-,32-,33?,38-,39+,41+,45+,46?,47+,51+/m1/s1. The molecule has 1 aromatic heterocycles. The number of aromatic nitrogens is 2. The summed E-state index contributed by atoms with van der Waals surface area (Å²) < 4.78 is 13.1. The number of hydrogen-bond donors (Lipinski definition) is 5. The second-order valence-electron chi connectivity index (χ2n) is 20.1. The lowest BCUT2D eigenvalue weighted by Crippen LogP contribution is -2.65. The van der Waals surface area contributed by atoms with Crippen LogP contribution >= 0.6 is 0 Å². The molecule has 2 bridgehead atoms. The molecule has 2 heterocycles. The first kappa shape index (κ1) is 49.9. The van der Waals surface area contributed by atoms with E-state index in [-0.39, 0.29) is 54.6 Å². The minimum absolute atomic E-state index is 0.00674. The van der Waals surface area contributed by atoms with E-state index in [1.165, 1.54) is 18.8 Å². The fourth-order valence-electron chi connectivity index (χ4n) is 10.4. The number of nitrogens with zero attached hydrogens (tertiary/aromatic N) is 1. The number of nitrogens with two attached hydrogens (primary N) is 1. The van der Waals surface area contributed by atoms with Gasteiger partial charge < -0.3 is 35.8 Å². The van der Waals surface area contributed by atoms with Gasteiger partial charge in [-0.25, -0.2) is 4.98 Å². The Kier molecular flexibility index (Phi) is 16.8. The van der Waals surface area contributed by atoms with Gasteiger partial charge in [0.1, 0.15) is 6.04 Å². The van der Waals surface area contributed by atoms with Crippen molar-refractivity contribution in [1.29, 1.82) is 0 Å². The van der Waals surface area contributed by atoms with Crippen molar-refractivity contribution in [3.63, 3.8) is 0 Å². The highest BCUT2D eigenvalue weighted by atomic mass is 16.7. The number of H-pyrrole nitrogens is 1. The molecule has 10 atom stereocenters. The molecule has 2 unspecified atom stereocenters. The Morgan fingerprint density at radius 2 is 1.58 bits per heavy atom. The smallest absolute Gasteiger partial charge is 0.405 e. The van der Waals surface area contributed by atoms with E-state index in [0.29, 0.717) is 48.9 Å². The van der Waals surface area contributed by atoms with E-state index in [9.17, 15) is 29.1 Å². The van der Waals surface area contributed by atoms with Crippen LogP contribution in [0.5, 0.6) is 0 Å². The average molecular weight is 894 g/mol. The van der Waals surface area contributed by atoms with E-state index in [4.69, 9.17) is 15.0 Å². The first-order valence-electron chi connectivity index (χ1n) is 24.0. The fourth-order valence-corrected chi connectivity index (χ4v) is 10.4. The topological polar surface area (TPSA) is 203 Å². The molecule has 1 aliphatic heterocycles. The van der Waals surface area contributed by atoms with Crippen molar-refractivity contribution >= 4 is 36.3 Å². The lowest BCUT2D eigenvalue weighted by atomic mass is 9.43. The number of hydrogen-bond acceptors (Lipinski definition) is 10. The number of carbonyl (C=O) groups excluding carboxylic acids is 5. The molecule has 352 valence electrons. The summed E-state index contributed by atoms with van der Waals surface area (Å²) in [4.78, 5) is 76.1. The molecule has 4 fully saturated rings. The largest absolute Gasteiger partial charge is 0.461 e. The summed E-state index contributed by atoms with van der Waals surface area (Å²) in [7, 11) is -0.527. The summed E-state index contributed by atoms with van der Waals surface area (Å²) in [5.41, 5.74) is 9.94. The number of Topliss-reactive ketones (excluding diaryl/α,β-unsaturated/α-hetero) is 3. The van der Waals surface area contributed by atoms with Crippen molar-refractivity contribution in [2.24, 2.45) is 34.8 Å². The van der Waals surface area contributed by atoms with Crippen LogP contribution in [-0.2, 0) is 41.3 Å². The summed E-state index contributed by atoms with van der Waals surface area (Å²) in [5, 5.41) is 16.4. The van der Waals surface area contributed by atoms with E-state index >= 15 is 0 Å². The summed E-state index contributed by atoms with van der Waals surface area (Å²) in [6, 6.07) is 13.6. The van der Waals surface area contributed by atoms with Crippen LogP contribution in [0.1, 0.15) is 134 Å². The molecule has 3 aromatic rings. The molecule has 4 aliphatic rings. The van der Waals surface area contributed by atoms with E-state index in [0.717, 1.165) is 43.2 Å². The van der Waals surface area contributed by atoms with Crippen LogP contribution in [0.25, 0.3) is 11.1 Å². The number of nitrogens with one attached hydrogen (secondary N) is 3. The normalized spacial score (nSPS) is 23.5. The quantitative estimate of drug-likeness (QED) is 0.0335. The number of aliphatic hydroxyl groups is 1. The maximum atomic E-state index is 14.0. The number of carbonyl (C=O) groups is 5. The molecule has 0 spiro atoms. The molecule has 2 amide bonds. The lowest BCUT2D eigenvalue weighted by molar-refractivity contribution is -0.199. The van der Waals surface area contributed by atoms with Gasteiger partial charge in [0.25, 0.3) is 0 Å². The number of aromatic amines is 1. The van der Waals surface area contributed by atoms with E-state index < -0.39 is 60.3 Å². The molecule has 65 heavy (non-hydrogen) atoms. The Labute approximate surface area is 385 Å². The Bertz CT molecular complexity index is 2090. The van der Waals surface area contributed by atoms with Crippen LogP contribution in [0.15, 0.2) is 61.1 Å². The van der Waals surface area contributed by atoms with E-state index in [1.807, 2.05) is 19.1 Å². The predicted molar refractivity (Wildman–Crippen MR) is 252 cm³/mol. The zero-order valence-electron chi connectivity index (χ0n) is 39.6. The van der Waals surface area contributed by atoms with Gasteiger partial charge in [0.2, 0.25) is 11.8 Å². The van der Waals surface area contributed by atoms with Crippen LogP contribution in [0.3, 0.4) is 0 Å².